The van der Waals surface area contributed by atoms with Crippen LogP contribution in [0, 0.1) is 0 Å². The average molecular weight is 366 g/mol. The average Bonchev–Trinajstić information content (AvgIpc) is 3.14. The van der Waals surface area contributed by atoms with Crippen LogP contribution in [-0.4, -0.2) is 35.7 Å². The smallest absolute Gasteiger partial charge is 0.272 e. The first-order valence-electron chi connectivity index (χ1n) is 8.80. The second-order valence-electron chi connectivity index (χ2n) is 6.05. The number of aromatic amines is 1. The number of para-hydroxylation sites is 2. The topological polar surface area (TPSA) is 96.1 Å². The molecule has 1 aromatic heterocycles. The Kier molecular flexibility index (Phi) is 5.71. The fraction of sp³-hybridized carbons (Fsp3) is 0.250. The van der Waals surface area contributed by atoms with E-state index in [9.17, 15) is 9.59 Å². The van der Waals surface area contributed by atoms with Gasteiger partial charge in [0.2, 0.25) is 0 Å². The molecule has 0 fully saturated rings. The maximum atomic E-state index is 12.8. The minimum Gasteiger partial charge on any atom is -0.483 e. The van der Waals surface area contributed by atoms with Crippen LogP contribution >= 0.6 is 0 Å². The van der Waals surface area contributed by atoms with Crippen molar-refractivity contribution in [3.05, 3.63) is 59.8 Å². The highest BCUT2D eigenvalue weighted by Gasteiger charge is 2.21. The van der Waals surface area contributed by atoms with Crippen LogP contribution in [0.5, 0.6) is 5.75 Å². The van der Waals surface area contributed by atoms with Crippen LogP contribution < -0.4 is 15.4 Å². The lowest BCUT2D eigenvalue weighted by atomic mass is 10.0. The van der Waals surface area contributed by atoms with Gasteiger partial charge >= 0.3 is 0 Å². The number of carbonyl (C=O) groups is 2. The Hall–Kier alpha value is -3.35. The van der Waals surface area contributed by atoms with Crippen LogP contribution in [0.25, 0.3) is 10.9 Å². The molecule has 0 aliphatic rings. The van der Waals surface area contributed by atoms with E-state index in [0.717, 1.165) is 16.5 Å². The first-order chi connectivity index (χ1) is 13.1. The van der Waals surface area contributed by atoms with Gasteiger partial charge < -0.3 is 15.4 Å². The third-order valence-corrected chi connectivity index (χ3v) is 4.33. The van der Waals surface area contributed by atoms with E-state index in [1.165, 1.54) is 0 Å². The predicted octanol–water partition coefficient (Wildman–Crippen LogP) is 2.57. The molecule has 2 amide bonds. The van der Waals surface area contributed by atoms with Crippen molar-refractivity contribution < 1.29 is 14.3 Å². The van der Waals surface area contributed by atoms with Crippen LogP contribution in [0.2, 0.25) is 0 Å². The molecule has 0 saturated carbocycles. The Balaban J connectivity index is 1.81. The van der Waals surface area contributed by atoms with Gasteiger partial charge in [-0.1, -0.05) is 43.3 Å². The van der Waals surface area contributed by atoms with E-state index in [1.54, 1.807) is 13.1 Å². The van der Waals surface area contributed by atoms with Crippen LogP contribution in [0.15, 0.2) is 48.5 Å². The lowest BCUT2D eigenvalue weighted by Gasteiger charge is -2.20. The molecular weight excluding hydrogens is 344 g/mol. The van der Waals surface area contributed by atoms with Gasteiger partial charge in [-0.15, -0.1) is 0 Å². The van der Waals surface area contributed by atoms with Crippen LogP contribution in [-0.2, 0) is 4.79 Å². The molecule has 140 valence electrons. The van der Waals surface area contributed by atoms with Gasteiger partial charge in [-0.05, 0) is 18.6 Å². The van der Waals surface area contributed by atoms with Crippen molar-refractivity contribution in [1.82, 2.24) is 20.8 Å². The minimum absolute atomic E-state index is 0.0815. The van der Waals surface area contributed by atoms with Crippen molar-refractivity contribution >= 4 is 22.7 Å². The zero-order chi connectivity index (χ0) is 19.2. The van der Waals surface area contributed by atoms with Gasteiger partial charge in [-0.2, -0.15) is 5.10 Å². The first-order valence-corrected chi connectivity index (χ1v) is 8.80. The Morgan fingerprint density at radius 1 is 1.15 bits per heavy atom. The van der Waals surface area contributed by atoms with Crippen molar-refractivity contribution in [2.24, 2.45) is 0 Å². The van der Waals surface area contributed by atoms with E-state index >= 15 is 0 Å². The number of H-pyrrole nitrogens is 1. The molecule has 27 heavy (non-hydrogen) atoms. The van der Waals surface area contributed by atoms with Gasteiger partial charge in [0, 0.05) is 18.0 Å². The highest BCUT2D eigenvalue weighted by atomic mass is 16.5. The van der Waals surface area contributed by atoms with Crippen molar-refractivity contribution in [2.45, 2.75) is 19.4 Å². The number of hydrogen-bond donors (Lipinski definition) is 3. The highest BCUT2D eigenvalue weighted by molar-refractivity contribution is 6.04. The molecule has 1 atom stereocenters. The Bertz CT molecular complexity index is 951. The molecule has 7 nitrogen and oxygen atoms in total. The Morgan fingerprint density at radius 2 is 1.89 bits per heavy atom. The normalized spacial score (nSPS) is 11.8. The summed E-state index contributed by atoms with van der Waals surface area (Å²) in [5.41, 5.74) is 1.98. The molecular formula is C20H22N4O3. The molecule has 2 aromatic carbocycles. The summed E-state index contributed by atoms with van der Waals surface area (Å²) in [6, 6.07) is 14.6. The number of hydrogen-bond acceptors (Lipinski definition) is 4. The number of carbonyl (C=O) groups excluding carboxylic acids is 2. The second kappa shape index (κ2) is 8.35. The number of aromatic nitrogens is 2. The molecule has 0 spiro atoms. The third kappa shape index (κ3) is 4.08. The fourth-order valence-corrected chi connectivity index (χ4v) is 2.88. The van der Waals surface area contributed by atoms with Crippen molar-refractivity contribution in [3.8, 4) is 5.75 Å². The summed E-state index contributed by atoms with van der Waals surface area (Å²) in [4.78, 5) is 24.3. The van der Waals surface area contributed by atoms with Gasteiger partial charge in [-0.25, -0.2) is 0 Å². The second-order valence-corrected chi connectivity index (χ2v) is 6.05. The quantitative estimate of drug-likeness (QED) is 0.599. The third-order valence-electron chi connectivity index (χ3n) is 4.33. The zero-order valence-corrected chi connectivity index (χ0v) is 15.3. The number of ether oxygens (including phenoxy) is 1. The van der Waals surface area contributed by atoms with Crippen molar-refractivity contribution in [2.75, 3.05) is 13.7 Å². The zero-order valence-electron chi connectivity index (χ0n) is 15.3. The number of likely N-dealkylation sites (N-methyl/N-ethyl adjacent to an activating group) is 1. The summed E-state index contributed by atoms with van der Waals surface area (Å²) in [5, 5.41) is 13.3. The number of nitrogens with zero attached hydrogens (tertiary/aromatic N) is 1. The molecule has 3 rings (SSSR count). The maximum Gasteiger partial charge on any atom is 0.272 e. The first kappa shape index (κ1) is 18.4. The summed E-state index contributed by atoms with van der Waals surface area (Å²) in [5.74, 6) is 0.0884. The largest absolute Gasteiger partial charge is 0.483 e. The van der Waals surface area contributed by atoms with Crippen molar-refractivity contribution in [1.29, 1.82) is 0 Å². The summed E-state index contributed by atoms with van der Waals surface area (Å²) < 4.78 is 5.63. The van der Waals surface area contributed by atoms with Gasteiger partial charge in [0.15, 0.2) is 12.3 Å². The lowest BCUT2D eigenvalue weighted by molar-refractivity contribution is -0.122. The Morgan fingerprint density at radius 3 is 2.67 bits per heavy atom. The van der Waals surface area contributed by atoms with Gasteiger partial charge in [0.05, 0.1) is 11.6 Å². The van der Waals surface area contributed by atoms with E-state index in [0.29, 0.717) is 17.9 Å². The molecule has 0 aliphatic carbocycles. The number of rotatable bonds is 7. The molecule has 0 radical (unpaired) electrons. The van der Waals surface area contributed by atoms with E-state index in [1.807, 2.05) is 49.4 Å². The molecule has 3 aromatic rings. The molecule has 3 N–H and O–H groups in total. The van der Waals surface area contributed by atoms with E-state index in [4.69, 9.17) is 4.74 Å². The van der Waals surface area contributed by atoms with Gasteiger partial charge in [0.1, 0.15) is 5.75 Å². The standard InChI is InChI=1S/C20H22N4O3/c1-3-15(13-8-5-7-11-17(13)27-12-18(25)21-2)22-20(26)19-14-9-4-6-10-16(14)23-24-19/h4-11,15H,3,12H2,1-2H3,(H,21,25)(H,22,26)(H,23,24)/t15-/m0/s1. The van der Waals surface area contributed by atoms with Gasteiger partial charge in [-0.3, -0.25) is 14.7 Å². The molecule has 0 saturated heterocycles. The number of benzene rings is 2. The summed E-state index contributed by atoms with van der Waals surface area (Å²) in [6.45, 7) is 1.89. The fourth-order valence-electron chi connectivity index (χ4n) is 2.88. The predicted molar refractivity (Wildman–Crippen MR) is 103 cm³/mol. The lowest BCUT2D eigenvalue weighted by Crippen LogP contribution is -2.29. The summed E-state index contributed by atoms with van der Waals surface area (Å²) in [7, 11) is 1.56. The molecule has 7 heteroatoms. The van der Waals surface area contributed by atoms with E-state index < -0.39 is 0 Å². The monoisotopic (exact) mass is 366 g/mol. The molecule has 0 aliphatic heterocycles. The maximum absolute atomic E-state index is 12.8. The van der Waals surface area contributed by atoms with Crippen LogP contribution in [0.3, 0.4) is 0 Å². The summed E-state index contributed by atoms with van der Waals surface area (Å²) in [6.07, 6.45) is 0.661. The minimum atomic E-state index is -0.270. The van der Waals surface area contributed by atoms with Crippen molar-refractivity contribution in [3.63, 3.8) is 0 Å². The number of amides is 2. The highest BCUT2D eigenvalue weighted by Crippen LogP contribution is 2.28. The van der Waals surface area contributed by atoms with E-state index in [2.05, 4.69) is 20.8 Å². The van der Waals surface area contributed by atoms with Gasteiger partial charge in [0.25, 0.3) is 11.8 Å². The van der Waals surface area contributed by atoms with E-state index in [-0.39, 0.29) is 24.5 Å². The Labute approximate surface area is 157 Å². The number of nitrogens with one attached hydrogen (secondary N) is 3. The van der Waals surface area contributed by atoms with Crippen LogP contribution in [0.1, 0.15) is 35.4 Å². The SMILES string of the molecule is CC[C@H](NC(=O)c1n[nH]c2ccccc12)c1ccccc1OCC(=O)NC. The molecule has 1 heterocycles. The molecule has 0 bridgehead atoms. The molecule has 0 unspecified atom stereocenters. The van der Waals surface area contributed by atoms with Crippen LogP contribution in [0.4, 0.5) is 0 Å². The summed E-state index contributed by atoms with van der Waals surface area (Å²) >= 11 is 0. The number of fused-ring (bicyclic) bond motifs is 1.